The predicted octanol–water partition coefficient (Wildman–Crippen LogP) is -0.160. The molecular weight excluding hydrogens is 308 g/mol. The van der Waals surface area contributed by atoms with Gasteiger partial charge in [0.05, 0.1) is 0 Å². The van der Waals surface area contributed by atoms with Crippen LogP contribution in [0.4, 0.5) is 0 Å². The molecule has 0 aliphatic carbocycles. The van der Waals surface area contributed by atoms with Crippen molar-refractivity contribution in [2.45, 2.75) is 27.7 Å². The Labute approximate surface area is 128 Å². The van der Waals surface area contributed by atoms with Gasteiger partial charge in [-0.15, -0.1) is 13.2 Å². The van der Waals surface area contributed by atoms with Crippen LogP contribution >= 0.6 is 0 Å². The second-order valence-corrected chi connectivity index (χ2v) is 2.08. The van der Waals surface area contributed by atoms with E-state index < -0.39 is 23.9 Å². The summed E-state index contributed by atoms with van der Waals surface area (Å²) >= 11 is 0. The van der Waals surface area contributed by atoms with E-state index in [9.17, 15) is 0 Å². The topological polar surface area (TPSA) is 282 Å². The molecule has 0 unspecified atom stereocenters. The Morgan fingerprint density at radius 2 is 0.545 bits per heavy atom. The van der Waals surface area contributed by atoms with Gasteiger partial charge in [0.1, 0.15) is 0 Å². The van der Waals surface area contributed by atoms with Crippen molar-refractivity contribution < 1.29 is 50.6 Å². The van der Waals surface area contributed by atoms with Crippen molar-refractivity contribution in [1.82, 2.24) is 12.3 Å². The van der Waals surface area contributed by atoms with E-state index in [-0.39, 0.29) is 23.3 Å². The van der Waals surface area contributed by atoms with Crippen LogP contribution in [0.3, 0.4) is 0 Å². The number of aliphatic carboxylic acids is 4. The summed E-state index contributed by atoms with van der Waals surface area (Å²) in [6, 6.07) is 0. The summed E-state index contributed by atoms with van der Waals surface area (Å²) in [5, 5.41) is 29.7. The summed E-state index contributed by atoms with van der Waals surface area (Å²) in [4.78, 5) is 36.0. The SMILES string of the molecule is C=C.CC(=O)O.CC(=O)O.CC(=O)O.CC(=O)O.N.N.O.O. The lowest BCUT2D eigenvalue weighted by molar-refractivity contribution is -0.135. The molecular formula is C10H30N2O10. The second kappa shape index (κ2) is 62.9. The molecule has 0 saturated heterocycles. The summed E-state index contributed by atoms with van der Waals surface area (Å²) in [5.41, 5.74) is 0. The molecule has 12 heteroatoms. The highest BCUT2D eigenvalue weighted by atomic mass is 16.4. The van der Waals surface area contributed by atoms with Crippen molar-refractivity contribution in [3.05, 3.63) is 13.2 Å². The van der Waals surface area contributed by atoms with Gasteiger partial charge >= 0.3 is 0 Å². The molecule has 0 aromatic carbocycles. The molecule has 0 aromatic heterocycles. The van der Waals surface area contributed by atoms with Crippen molar-refractivity contribution in [2.24, 2.45) is 0 Å². The lowest BCUT2D eigenvalue weighted by atomic mass is 10.9. The van der Waals surface area contributed by atoms with Gasteiger partial charge in [-0.25, -0.2) is 0 Å². The van der Waals surface area contributed by atoms with Crippen LogP contribution in [-0.4, -0.2) is 55.3 Å². The standard InChI is InChI=1S/4C2H4O2.C2H4.2H3N.2H2O/c4*1-2(3)4;1-2;;;;/h4*1H3,(H,3,4);1-2H2;2*1H3;2*1H2. The van der Waals surface area contributed by atoms with Gasteiger partial charge in [-0.2, -0.15) is 0 Å². The number of hydrogen-bond acceptors (Lipinski definition) is 6. The molecule has 0 aliphatic heterocycles. The molecule has 0 bridgehead atoms. The van der Waals surface area contributed by atoms with Crippen LogP contribution < -0.4 is 12.3 Å². The third kappa shape index (κ3) is 733. The number of carboxylic acid groups (broad SMARTS) is 4. The van der Waals surface area contributed by atoms with Crippen LogP contribution in [0.2, 0.25) is 0 Å². The molecule has 0 saturated carbocycles. The Hall–Kier alpha value is -2.54. The van der Waals surface area contributed by atoms with Crippen molar-refractivity contribution in [3.63, 3.8) is 0 Å². The first-order valence-electron chi connectivity index (χ1n) is 4.21. The lowest BCUT2D eigenvalue weighted by Crippen LogP contribution is -1.78. The zero-order chi connectivity index (χ0) is 16.3. The maximum absolute atomic E-state index is 9.00. The molecule has 0 aromatic rings. The van der Waals surface area contributed by atoms with E-state index in [4.69, 9.17) is 39.6 Å². The molecule has 0 aliphatic rings. The molecule has 14 N–H and O–H groups in total. The van der Waals surface area contributed by atoms with E-state index in [1.807, 2.05) is 0 Å². The minimum Gasteiger partial charge on any atom is -0.481 e. The van der Waals surface area contributed by atoms with Gasteiger partial charge in [-0.1, -0.05) is 0 Å². The number of hydrogen-bond donors (Lipinski definition) is 6. The number of rotatable bonds is 0. The maximum atomic E-state index is 9.00. The minimum atomic E-state index is -0.833. The molecule has 0 amide bonds. The molecule has 0 atom stereocenters. The predicted molar refractivity (Wildman–Crippen MR) is 81.8 cm³/mol. The summed E-state index contributed by atoms with van der Waals surface area (Å²) in [7, 11) is 0. The van der Waals surface area contributed by atoms with Gasteiger partial charge in [0, 0.05) is 27.7 Å². The Balaban J connectivity index is -0.0000000133. The van der Waals surface area contributed by atoms with E-state index in [0.29, 0.717) is 0 Å². The summed E-state index contributed by atoms with van der Waals surface area (Å²) < 4.78 is 0. The minimum absolute atomic E-state index is 0. The fourth-order valence-corrected chi connectivity index (χ4v) is 0. The Morgan fingerprint density at radius 3 is 0.545 bits per heavy atom. The van der Waals surface area contributed by atoms with Crippen LogP contribution in [0.1, 0.15) is 27.7 Å². The van der Waals surface area contributed by atoms with Crippen molar-refractivity contribution in [1.29, 1.82) is 0 Å². The molecule has 0 rings (SSSR count). The molecule has 0 heterocycles. The number of carbonyl (C=O) groups is 4. The lowest BCUT2D eigenvalue weighted by Gasteiger charge is -1.59. The van der Waals surface area contributed by atoms with Gasteiger partial charge in [0.15, 0.2) is 0 Å². The monoisotopic (exact) mass is 338 g/mol. The van der Waals surface area contributed by atoms with Gasteiger partial charge in [-0.05, 0) is 0 Å². The van der Waals surface area contributed by atoms with Crippen LogP contribution in [0.5, 0.6) is 0 Å². The average molecular weight is 338 g/mol. The van der Waals surface area contributed by atoms with Crippen LogP contribution in [-0.2, 0) is 19.2 Å². The molecule has 12 nitrogen and oxygen atoms in total. The summed E-state index contributed by atoms with van der Waals surface area (Å²) in [6.45, 7) is 10.3. The van der Waals surface area contributed by atoms with Crippen LogP contribution in [0.25, 0.3) is 0 Å². The first-order chi connectivity index (χ1) is 7.93. The highest BCUT2D eigenvalue weighted by molar-refractivity contribution is 5.63. The smallest absolute Gasteiger partial charge is 0.300 e. The molecule has 140 valence electrons. The van der Waals surface area contributed by atoms with Gasteiger partial charge in [0.25, 0.3) is 23.9 Å². The third-order valence-corrected chi connectivity index (χ3v) is 0. The fourth-order valence-electron chi connectivity index (χ4n) is 0. The maximum Gasteiger partial charge on any atom is 0.300 e. The first-order valence-corrected chi connectivity index (χ1v) is 4.21. The summed E-state index contributed by atoms with van der Waals surface area (Å²) in [5.74, 6) is -3.33. The molecule has 0 radical (unpaired) electrons. The quantitative estimate of drug-likeness (QED) is 0.317. The zero-order valence-corrected chi connectivity index (χ0v) is 13.3. The van der Waals surface area contributed by atoms with Crippen LogP contribution in [0.15, 0.2) is 13.2 Å². The van der Waals surface area contributed by atoms with Crippen molar-refractivity contribution in [2.75, 3.05) is 0 Å². The zero-order valence-electron chi connectivity index (χ0n) is 13.3. The van der Waals surface area contributed by atoms with E-state index in [1.165, 1.54) is 0 Å². The summed E-state index contributed by atoms with van der Waals surface area (Å²) in [6.07, 6.45) is 0. The van der Waals surface area contributed by atoms with Crippen molar-refractivity contribution in [3.8, 4) is 0 Å². The van der Waals surface area contributed by atoms with E-state index in [1.54, 1.807) is 0 Å². The Kier molecular flexibility index (Phi) is 173. The molecule has 0 spiro atoms. The number of carboxylic acids is 4. The highest BCUT2D eigenvalue weighted by Crippen LogP contribution is 1.43. The largest absolute Gasteiger partial charge is 0.481 e. The fraction of sp³-hybridized carbons (Fsp3) is 0.400. The molecule has 0 fully saturated rings. The van der Waals surface area contributed by atoms with E-state index >= 15 is 0 Å². The van der Waals surface area contributed by atoms with E-state index in [2.05, 4.69) is 13.2 Å². The Bertz CT molecular complexity index is 182. The van der Waals surface area contributed by atoms with E-state index in [0.717, 1.165) is 27.7 Å². The van der Waals surface area contributed by atoms with Gasteiger partial charge in [0.2, 0.25) is 0 Å². The van der Waals surface area contributed by atoms with Crippen molar-refractivity contribution >= 4 is 23.9 Å². The average Bonchev–Trinajstić information content (AvgIpc) is 2.01. The normalized spacial score (nSPS) is 4.73. The van der Waals surface area contributed by atoms with Gasteiger partial charge < -0.3 is 43.7 Å². The molecule has 22 heavy (non-hydrogen) atoms. The van der Waals surface area contributed by atoms with Gasteiger partial charge in [-0.3, -0.25) is 19.2 Å². The Morgan fingerprint density at radius 1 is 0.545 bits per heavy atom. The van der Waals surface area contributed by atoms with Crippen LogP contribution in [0, 0.1) is 0 Å². The first kappa shape index (κ1) is 60.6. The highest BCUT2D eigenvalue weighted by Gasteiger charge is 1.66. The second-order valence-electron chi connectivity index (χ2n) is 2.08. The third-order valence-electron chi connectivity index (χ3n) is 0.